The van der Waals surface area contributed by atoms with Crippen molar-refractivity contribution in [3.05, 3.63) is 78.4 Å². The minimum Gasteiger partial charge on any atom is -0.277 e. The van der Waals surface area contributed by atoms with E-state index in [0.29, 0.717) is 0 Å². The predicted molar refractivity (Wildman–Crippen MR) is 95.4 cm³/mol. The highest BCUT2D eigenvalue weighted by molar-refractivity contribution is 7.93. The minimum absolute atomic E-state index is 0.00403. The lowest BCUT2D eigenvalue weighted by atomic mass is 10.2. The van der Waals surface area contributed by atoms with Gasteiger partial charge in [-0.2, -0.15) is 5.26 Å². The number of sulfonamides is 1. The van der Waals surface area contributed by atoms with Crippen molar-refractivity contribution in [1.82, 2.24) is 3.97 Å². The number of nitrogens with zero attached hydrogens (tertiary/aromatic N) is 2. The van der Waals surface area contributed by atoms with E-state index in [1.807, 2.05) is 4.72 Å². The molecule has 0 bridgehead atoms. The van der Waals surface area contributed by atoms with Crippen LogP contribution in [0.15, 0.2) is 76.8 Å². The topological polar surface area (TPSA) is 109 Å². The largest absolute Gasteiger partial charge is 0.277 e. The molecule has 7 nitrogen and oxygen atoms in total. The molecule has 3 aromatic rings. The molecular weight excluding hydrogens is 393 g/mol. The molecule has 1 N–H and O–H groups in total. The summed E-state index contributed by atoms with van der Waals surface area (Å²) in [6, 6.07) is 13.6. The van der Waals surface area contributed by atoms with E-state index in [-0.39, 0.29) is 21.0 Å². The zero-order valence-corrected chi connectivity index (χ0v) is 15.2. The molecule has 0 aliphatic rings. The zero-order chi connectivity index (χ0) is 19.7. The summed E-state index contributed by atoms with van der Waals surface area (Å²) in [7, 11) is -8.19. The van der Waals surface area contributed by atoms with Crippen molar-refractivity contribution in [2.75, 3.05) is 4.72 Å². The van der Waals surface area contributed by atoms with E-state index in [0.717, 1.165) is 34.6 Å². The van der Waals surface area contributed by atoms with Crippen molar-refractivity contribution in [3.8, 4) is 6.07 Å². The van der Waals surface area contributed by atoms with Crippen molar-refractivity contribution in [1.29, 1.82) is 5.26 Å². The first kappa shape index (κ1) is 18.6. The number of hydrogen-bond donors (Lipinski definition) is 1. The van der Waals surface area contributed by atoms with E-state index in [2.05, 4.69) is 0 Å². The van der Waals surface area contributed by atoms with Gasteiger partial charge in [-0.3, -0.25) is 4.72 Å². The summed E-state index contributed by atoms with van der Waals surface area (Å²) in [6.07, 6.45) is 2.01. The summed E-state index contributed by atoms with van der Waals surface area (Å²) in [5.74, 6) is -0.922. The molecule has 27 heavy (non-hydrogen) atoms. The second-order valence-electron chi connectivity index (χ2n) is 5.41. The van der Waals surface area contributed by atoms with Gasteiger partial charge in [0.15, 0.2) is 0 Å². The summed E-state index contributed by atoms with van der Waals surface area (Å²) in [4.78, 5) is -0.360. The van der Waals surface area contributed by atoms with Gasteiger partial charge in [0.05, 0.1) is 22.2 Å². The van der Waals surface area contributed by atoms with Gasteiger partial charge >= 0.3 is 0 Å². The van der Waals surface area contributed by atoms with Gasteiger partial charge in [0.2, 0.25) is 0 Å². The summed E-state index contributed by atoms with van der Waals surface area (Å²) < 4.78 is 66.6. The minimum atomic E-state index is -4.24. The van der Waals surface area contributed by atoms with Crippen molar-refractivity contribution >= 4 is 25.7 Å². The van der Waals surface area contributed by atoms with Crippen LogP contribution in [-0.4, -0.2) is 20.8 Å². The van der Waals surface area contributed by atoms with E-state index < -0.39 is 25.9 Å². The number of nitrogens with one attached hydrogen (secondary N) is 1. The summed E-state index contributed by atoms with van der Waals surface area (Å²) >= 11 is 0. The third-order valence-corrected chi connectivity index (χ3v) is 6.61. The summed E-state index contributed by atoms with van der Waals surface area (Å²) in [5.41, 5.74) is -0.316. The van der Waals surface area contributed by atoms with Crippen LogP contribution in [0, 0.1) is 17.1 Å². The van der Waals surface area contributed by atoms with E-state index in [9.17, 15) is 21.2 Å². The SMILES string of the molecule is N#Cc1ccc(NS(=O)(=O)c2ccn(S(=O)(=O)c3ccccc3)c2)c(F)c1. The average Bonchev–Trinajstić information content (AvgIpc) is 3.16. The van der Waals surface area contributed by atoms with Crippen molar-refractivity contribution in [2.45, 2.75) is 9.79 Å². The molecule has 138 valence electrons. The maximum absolute atomic E-state index is 13.9. The number of benzene rings is 2. The number of rotatable bonds is 5. The Balaban J connectivity index is 1.93. The summed E-state index contributed by atoms with van der Waals surface area (Å²) in [5, 5.41) is 8.72. The second kappa shape index (κ2) is 6.86. The highest BCUT2D eigenvalue weighted by atomic mass is 32.2. The van der Waals surface area contributed by atoms with E-state index in [4.69, 9.17) is 5.26 Å². The third kappa shape index (κ3) is 3.69. The summed E-state index contributed by atoms with van der Waals surface area (Å²) in [6.45, 7) is 0. The second-order valence-corrected chi connectivity index (χ2v) is 8.93. The fraction of sp³-hybridized carbons (Fsp3) is 0. The van der Waals surface area contributed by atoms with Gasteiger partial charge in [0.25, 0.3) is 20.0 Å². The molecule has 0 spiro atoms. The van der Waals surface area contributed by atoms with Gasteiger partial charge in [0.1, 0.15) is 10.7 Å². The fourth-order valence-corrected chi connectivity index (χ4v) is 4.60. The molecule has 0 saturated heterocycles. The molecule has 10 heteroatoms. The normalized spacial score (nSPS) is 11.7. The molecule has 0 atom stereocenters. The van der Waals surface area contributed by atoms with Crippen LogP contribution in [0.2, 0.25) is 0 Å². The Morgan fingerprint density at radius 3 is 2.30 bits per heavy atom. The van der Waals surface area contributed by atoms with Crippen LogP contribution in [0.25, 0.3) is 0 Å². The fourth-order valence-electron chi connectivity index (χ4n) is 2.25. The average molecular weight is 405 g/mol. The van der Waals surface area contributed by atoms with Crippen LogP contribution in [0.5, 0.6) is 0 Å². The Morgan fingerprint density at radius 1 is 0.963 bits per heavy atom. The first-order valence-corrected chi connectivity index (χ1v) is 10.4. The number of nitriles is 1. The Kier molecular flexibility index (Phi) is 4.73. The molecule has 2 aromatic carbocycles. The van der Waals surface area contributed by atoms with Gasteiger partial charge in [-0.25, -0.2) is 25.2 Å². The van der Waals surface area contributed by atoms with Crippen LogP contribution in [0.1, 0.15) is 5.56 Å². The predicted octanol–water partition coefficient (Wildman–Crippen LogP) is 2.54. The Bertz CT molecular complexity index is 1240. The van der Waals surface area contributed by atoms with E-state index >= 15 is 0 Å². The van der Waals surface area contributed by atoms with Crippen LogP contribution >= 0.6 is 0 Å². The first-order valence-electron chi connectivity index (χ1n) is 7.45. The van der Waals surface area contributed by atoms with Crippen molar-refractivity contribution in [2.24, 2.45) is 0 Å². The molecule has 0 fully saturated rings. The van der Waals surface area contributed by atoms with Crippen LogP contribution < -0.4 is 4.72 Å². The van der Waals surface area contributed by atoms with Gasteiger partial charge in [-0.1, -0.05) is 18.2 Å². The van der Waals surface area contributed by atoms with Crippen LogP contribution in [-0.2, 0) is 20.0 Å². The van der Waals surface area contributed by atoms with Crippen LogP contribution in [0.3, 0.4) is 0 Å². The molecule has 3 rings (SSSR count). The standard InChI is InChI=1S/C17H12FN3O4S2/c18-16-10-13(11-19)6-7-17(16)20-26(22,23)15-8-9-21(12-15)27(24,25)14-4-2-1-3-5-14/h1-10,12,20H. The first-order chi connectivity index (χ1) is 12.7. The number of aromatic nitrogens is 1. The molecule has 0 saturated carbocycles. The lowest BCUT2D eigenvalue weighted by Crippen LogP contribution is -2.14. The Morgan fingerprint density at radius 2 is 1.67 bits per heavy atom. The highest BCUT2D eigenvalue weighted by Crippen LogP contribution is 2.22. The maximum Gasteiger partial charge on any atom is 0.267 e. The molecule has 1 heterocycles. The lowest BCUT2D eigenvalue weighted by Gasteiger charge is -2.08. The smallest absolute Gasteiger partial charge is 0.267 e. The molecule has 0 radical (unpaired) electrons. The number of hydrogen-bond acceptors (Lipinski definition) is 5. The molecule has 0 amide bonds. The Labute approximate surface area is 155 Å². The van der Waals surface area contributed by atoms with Gasteiger partial charge < -0.3 is 0 Å². The monoisotopic (exact) mass is 405 g/mol. The Hall–Kier alpha value is -3.16. The van der Waals surface area contributed by atoms with E-state index in [1.165, 1.54) is 18.2 Å². The van der Waals surface area contributed by atoms with Gasteiger partial charge in [0, 0.05) is 12.4 Å². The molecule has 0 aliphatic heterocycles. The molecule has 0 unspecified atom stereocenters. The van der Waals surface area contributed by atoms with Crippen molar-refractivity contribution in [3.63, 3.8) is 0 Å². The van der Waals surface area contributed by atoms with Crippen LogP contribution in [0.4, 0.5) is 10.1 Å². The number of anilines is 1. The lowest BCUT2D eigenvalue weighted by molar-refractivity contribution is 0.587. The zero-order valence-electron chi connectivity index (χ0n) is 13.6. The van der Waals surface area contributed by atoms with Crippen molar-refractivity contribution < 1.29 is 21.2 Å². The third-order valence-electron chi connectivity index (χ3n) is 3.61. The van der Waals surface area contributed by atoms with E-state index in [1.54, 1.807) is 24.3 Å². The van der Waals surface area contributed by atoms with Gasteiger partial charge in [-0.15, -0.1) is 0 Å². The quantitative estimate of drug-likeness (QED) is 0.702. The molecule has 0 aliphatic carbocycles. The van der Waals surface area contributed by atoms with Gasteiger partial charge in [-0.05, 0) is 36.4 Å². The molecule has 1 aromatic heterocycles. The highest BCUT2D eigenvalue weighted by Gasteiger charge is 2.22. The maximum atomic E-state index is 13.9. The number of halogens is 1. The molecular formula is C17H12FN3O4S2.